The first-order valence-electron chi connectivity index (χ1n) is 6.57. The van der Waals surface area contributed by atoms with Crippen molar-refractivity contribution in [3.8, 4) is 0 Å². The molecule has 110 valence electrons. The Bertz CT molecular complexity index is 541. The minimum absolute atomic E-state index is 0.125. The molecule has 1 atom stereocenters. The monoisotopic (exact) mass is 281 g/mol. The van der Waals surface area contributed by atoms with Crippen LogP contribution in [0.4, 0.5) is 5.82 Å². The van der Waals surface area contributed by atoms with Gasteiger partial charge in [-0.25, -0.2) is 9.78 Å². The van der Waals surface area contributed by atoms with E-state index in [0.717, 1.165) is 0 Å². The normalized spacial score (nSPS) is 19.2. The van der Waals surface area contributed by atoms with E-state index < -0.39 is 12.1 Å². The van der Waals surface area contributed by atoms with Gasteiger partial charge in [-0.1, -0.05) is 13.8 Å². The second-order valence-electron chi connectivity index (χ2n) is 4.97. The number of H-pyrrole nitrogens is 1. The zero-order valence-corrected chi connectivity index (χ0v) is 11.9. The number of morpholine rings is 1. The number of esters is 1. The minimum atomic E-state index is -0.641. The first-order valence-corrected chi connectivity index (χ1v) is 6.57. The SMILES string of the molecule is COC(=O)C1CN(c2cc(=O)[nH]c(C(C)C)n2)CCO1. The van der Waals surface area contributed by atoms with Crippen molar-refractivity contribution in [1.29, 1.82) is 0 Å². The molecule has 0 amide bonds. The summed E-state index contributed by atoms with van der Waals surface area (Å²) < 4.78 is 10.0. The molecule has 0 spiro atoms. The fourth-order valence-electron chi connectivity index (χ4n) is 2.03. The fourth-order valence-corrected chi connectivity index (χ4v) is 2.03. The number of nitrogens with zero attached hydrogens (tertiary/aromatic N) is 2. The summed E-state index contributed by atoms with van der Waals surface area (Å²) in [7, 11) is 1.33. The van der Waals surface area contributed by atoms with Crippen molar-refractivity contribution in [1.82, 2.24) is 9.97 Å². The largest absolute Gasteiger partial charge is 0.467 e. The highest BCUT2D eigenvalue weighted by Gasteiger charge is 2.28. The Hall–Kier alpha value is -1.89. The van der Waals surface area contributed by atoms with Gasteiger partial charge in [-0.05, 0) is 0 Å². The number of hydrogen-bond donors (Lipinski definition) is 1. The number of hydrogen-bond acceptors (Lipinski definition) is 6. The fraction of sp³-hybridized carbons (Fsp3) is 0.615. The lowest BCUT2D eigenvalue weighted by atomic mass is 10.2. The van der Waals surface area contributed by atoms with Gasteiger partial charge in [0, 0.05) is 18.5 Å². The van der Waals surface area contributed by atoms with Gasteiger partial charge in [0.2, 0.25) is 0 Å². The van der Waals surface area contributed by atoms with Crippen molar-refractivity contribution in [3.05, 3.63) is 22.2 Å². The van der Waals surface area contributed by atoms with Crippen molar-refractivity contribution in [2.75, 3.05) is 31.7 Å². The van der Waals surface area contributed by atoms with Crippen LogP contribution in [0.25, 0.3) is 0 Å². The summed E-state index contributed by atoms with van der Waals surface area (Å²) in [6, 6.07) is 1.44. The summed E-state index contributed by atoms with van der Waals surface area (Å²) in [4.78, 5) is 32.2. The van der Waals surface area contributed by atoms with E-state index in [-0.39, 0.29) is 11.5 Å². The second kappa shape index (κ2) is 6.04. The number of nitrogens with one attached hydrogen (secondary N) is 1. The second-order valence-corrected chi connectivity index (χ2v) is 4.97. The Balaban J connectivity index is 2.22. The van der Waals surface area contributed by atoms with E-state index >= 15 is 0 Å². The molecule has 0 radical (unpaired) electrons. The molecule has 0 aliphatic carbocycles. The molecule has 1 fully saturated rings. The molecule has 1 saturated heterocycles. The van der Waals surface area contributed by atoms with Gasteiger partial charge in [0.25, 0.3) is 5.56 Å². The Morgan fingerprint density at radius 1 is 1.60 bits per heavy atom. The van der Waals surface area contributed by atoms with E-state index in [0.29, 0.717) is 31.3 Å². The molecule has 0 bridgehead atoms. The molecule has 1 aromatic heterocycles. The van der Waals surface area contributed by atoms with E-state index in [4.69, 9.17) is 4.74 Å². The molecule has 1 unspecified atom stereocenters. The number of aromatic amines is 1. The van der Waals surface area contributed by atoms with Crippen LogP contribution in [0.1, 0.15) is 25.6 Å². The number of carbonyl (C=O) groups is 1. The van der Waals surface area contributed by atoms with Gasteiger partial charge in [-0.3, -0.25) is 4.79 Å². The first-order chi connectivity index (χ1) is 9.51. The maximum absolute atomic E-state index is 11.7. The average molecular weight is 281 g/mol. The molecule has 7 heteroatoms. The van der Waals surface area contributed by atoms with Crippen LogP contribution in [0.5, 0.6) is 0 Å². The molecule has 1 aromatic rings. The zero-order chi connectivity index (χ0) is 14.7. The van der Waals surface area contributed by atoms with E-state index in [1.807, 2.05) is 18.7 Å². The third kappa shape index (κ3) is 3.16. The van der Waals surface area contributed by atoms with Gasteiger partial charge in [0.15, 0.2) is 6.10 Å². The standard InChI is InChI=1S/C13H19N3O4/c1-8(2)12-14-10(6-11(17)15-12)16-4-5-20-9(7-16)13(18)19-3/h6,8-9H,4-5,7H2,1-3H3,(H,14,15,17). The van der Waals surface area contributed by atoms with E-state index in [1.54, 1.807) is 0 Å². The lowest BCUT2D eigenvalue weighted by Crippen LogP contribution is -2.47. The smallest absolute Gasteiger partial charge is 0.336 e. The Labute approximate surface area is 116 Å². The molecule has 1 N–H and O–H groups in total. The summed E-state index contributed by atoms with van der Waals surface area (Å²) in [6.45, 7) is 5.23. The van der Waals surface area contributed by atoms with Gasteiger partial charge in [0.05, 0.1) is 20.3 Å². The van der Waals surface area contributed by atoms with Crippen LogP contribution in [0, 0.1) is 0 Å². The topological polar surface area (TPSA) is 84.5 Å². The van der Waals surface area contributed by atoms with Crippen molar-refractivity contribution < 1.29 is 14.3 Å². The van der Waals surface area contributed by atoms with Crippen LogP contribution in [-0.2, 0) is 14.3 Å². The van der Waals surface area contributed by atoms with Crippen molar-refractivity contribution >= 4 is 11.8 Å². The molecule has 0 saturated carbocycles. The Kier molecular flexibility index (Phi) is 4.39. The molecular weight excluding hydrogens is 262 g/mol. The minimum Gasteiger partial charge on any atom is -0.467 e. The predicted molar refractivity (Wildman–Crippen MR) is 72.9 cm³/mol. The Morgan fingerprint density at radius 3 is 3.00 bits per heavy atom. The molecule has 1 aliphatic heterocycles. The van der Waals surface area contributed by atoms with Crippen molar-refractivity contribution in [2.45, 2.75) is 25.9 Å². The number of methoxy groups -OCH3 is 1. The van der Waals surface area contributed by atoms with E-state index in [2.05, 4.69) is 14.7 Å². The lowest BCUT2D eigenvalue weighted by molar-refractivity contribution is -0.154. The highest BCUT2D eigenvalue weighted by Crippen LogP contribution is 2.16. The molecule has 2 heterocycles. The van der Waals surface area contributed by atoms with Crippen LogP contribution in [-0.4, -0.2) is 48.8 Å². The van der Waals surface area contributed by atoms with Crippen molar-refractivity contribution in [3.63, 3.8) is 0 Å². The van der Waals surface area contributed by atoms with Crippen molar-refractivity contribution in [2.24, 2.45) is 0 Å². The maximum Gasteiger partial charge on any atom is 0.336 e. The summed E-state index contributed by atoms with van der Waals surface area (Å²) in [5, 5.41) is 0. The summed E-state index contributed by atoms with van der Waals surface area (Å²) in [6.07, 6.45) is -0.641. The molecule has 20 heavy (non-hydrogen) atoms. The highest BCUT2D eigenvalue weighted by atomic mass is 16.6. The van der Waals surface area contributed by atoms with Gasteiger partial charge >= 0.3 is 5.97 Å². The van der Waals surface area contributed by atoms with Crippen LogP contribution < -0.4 is 10.5 Å². The van der Waals surface area contributed by atoms with E-state index in [1.165, 1.54) is 13.2 Å². The van der Waals surface area contributed by atoms with E-state index in [9.17, 15) is 9.59 Å². The number of ether oxygens (including phenoxy) is 2. The summed E-state index contributed by atoms with van der Waals surface area (Å²) in [5.74, 6) is 0.909. The lowest BCUT2D eigenvalue weighted by Gasteiger charge is -2.32. The number of anilines is 1. The first kappa shape index (κ1) is 14.5. The molecule has 2 rings (SSSR count). The van der Waals surface area contributed by atoms with Crippen LogP contribution >= 0.6 is 0 Å². The predicted octanol–water partition coefficient (Wildman–Crippen LogP) is 0.271. The molecular formula is C13H19N3O4. The van der Waals surface area contributed by atoms with Crippen LogP contribution in [0.3, 0.4) is 0 Å². The van der Waals surface area contributed by atoms with Gasteiger partial charge in [-0.2, -0.15) is 0 Å². The van der Waals surface area contributed by atoms with Gasteiger partial charge in [0.1, 0.15) is 11.6 Å². The Morgan fingerprint density at radius 2 is 2.35 bits per heavy atom. The van der Waals surface area contributed by atoms with Gasteiger partial charge in [-0.15, -0.1) is 0 Å². The molecule has 7 nitrogen and oxygen atoms in total. The highest BCUT2D eigenvalue weighted by molar-refractivity contribution is 5.75. The molecule has 0 aromatic carbocycles. The zero-order valence-electron chi connectivity index (χ0n) is 11.9. The number of aromatic nitrogens is 2. The maximum atomic E-state index is 11.7. The number of rotatable bonds is 3. The third-order valence-electron chi connectivity index (χ3n) is 3.15. The molecule has 1 aliphatic rings. The summed E-state index contributed by atoms with van der Waals surface area (Å²) in [5.41, 5.74) is -0.195. The third-order valence-corrected chi connectivity index (χ3v) is 3.15. The quantitative estimate of drug-likeness (QED) is 0.801. The van der Waals surface area contributed by atoms with Gasteiger partial charge < -0.3 is 19.4 Å². The van der Waals surface area contributed by atoms with Crippen LogP contribution in [0.15, 0.2) is 10.9 Å². The number of carbonyl (C=O) groups excluding carboxylic acids is 1. The van der Waals surface area contributed by atoms with Crippen LogP contribution in [0.2, 0.25) is 0 Å². The summed E-state index contributed by atoms with van der Waals surface area (Å²) >= 11 is 0. The average Bonchev–Trinajstić information content (AvgIpc) is 2.45.